The van der Waals surface area contributed by atoms with Crippen molar-refractivity contribution in [3.05, 3.63) is 59.2 Å². The Balaban J connectivity index is 2.27. The van der Waals surface area contributed by atoms with Gasteiger partial charge in [-0.3, -0.25) is 13.9 Å². The van der Waals surface area contributed by atoms with Gasteiger partial charge in [0.25, 0.3) is 0 Å². The lowest BCUT2D eigenvalue weighted by atomic mass is 10.1. The molecule has 0 aromatic heterocycles. The first-order valence-corrected chi connectivity index (χ1v) is 10.5. The van der Waals surface area contributed by atoms with Crippen LogP contribution in [0.15, 0.2) is 42.5 Å². The van der Waals surface area contributed by atoms with Gasteiger partial charge in [-0.2, -0.15) is 0 Å². The summed E-state index contributed by atoms with van der Waals surface area (Å²) < 4.78 is 25.9. The van der Waals surface area contributed by atoms with E-state index < -0.39 is 15.9 Å². The Hall–Kier alpha value is -2.67. The number of nitrogens with zero attached hydrogens (tertiary/aromatic N) is 1. The van der Waals surface area contributed by atoms with Crippen molar-refractivity contribution in [3.8, 4) is 0 Å². The van der Waals surface area contributed by atoms with E-state index in [4.69, 9.17) is 0 Å². The monoisotopic (exact) mass is 388 g/mol. The van der Waals surface area contributed by atoms with Crippen LogP contribution < -0.4 is 9.62 Å². The van der Waals surface area contributed by atoms with Crippen LogP contribution in [0.4, 0.5) is 11.4 Å². The van der Waals surface area contributed by atoms with E-state index in [1.165, 1.54) is 6.92 Å². The van der Waals surface area contributed by atoms with Gasteiger partial charge in [-0.1, -0.05) is 25.1 Å². The second kappa shape index (κ2) is 8.35. The molecule has 0 unspecified atom stereocenters. The smallest absolute Gasteiger partial charge is 0.245 e. The number of rotatable bonds is 7. The number of carbonyl (C=O) groups is 2. The van der Waals surface area contributed by atoms with Gasteiger partial charge < -0.3 is 5.32 Å². The number of benzene rings is 2. The van der Waals surface area contributed by atoms with Crippen molar-refractivity contribution in [3.63, 3.8) is 0 Å². The third kappa shape index (κ3) is 5.17. The molecule has 1 N–H and O–H groups in total. The highest BCUT2D eigenvalue weighted by molar-refractivity contribution is 7.92. The summed E-state index contributed by atoms with van der Waals surface area (Å²) in [5, 5.41) is 2.68. The minimum Gasteiger partial charge on any atom is -0.325 e. The molecule has 0 spiro atoms. The summed E-state index contributed by atoms with van der Waals surface area (Å²) in [6.45, 7) is 4.90. The maximum absolute atomic E-state index is 12.5. The fraction of sp³-hybridized carbons (Fsp3) is 0.300. The normalized spacial score (nSPS) is 11.1. The predicted octanol–water partition coefficient (Wildman–Crippen LogP) is 3.16. The number of hydrogen-bond acceptors (Lipinski definition) is 4. The fourth-order valence-electron chi connectivity index (χ4n) is 2.84. The highest BCUT2D eigenvalue weighted by Crippen LogP contribution is 2.27. The first-order chi connectivity index (χ1) is 12.6. The van der Waals surface area contributed by atoms with Gasteiger partial charge in [-0.15, -0.1) is 0 Å². The molecule has 0 bridgehead atoms. The Bertz CT molecular complexity index is 950. The molecular formula is C20H24N2O4S. The maximum atomic E-state index is 12.5. The van der Waals surface area contributed by atoms with Crippen LogP contribution in [0.2, 0.25) is 0 Å². The fourth-order valence-corrected chi connectivity index (χ4v) is 3.79. The van der Waals surface area contributed by atoms with Gasteiger partial charge in [0, 0.05) is 11.3 Å². The first-order valence-electron chi connectivity index (χ1n) is 8.60. The quantitative estimate of drug-likeness (QED) is 0.739. The third-order valence-electron chi connectivity index (χ3n) is 4.21. The summed E-state index contributed by atoms with van der Waals surface area (Å²) >= 11 is 0. The summed E-state index contributed by atoms with van der Waals surface area (Å²) in [6.07, 6.45) is 1.74. The highest BCUT2D eigenvalue weighted by atomic mass is 32.2. The lowest BCUT2D eigenvalue weighted by Crippen LogP contribution is -2.38. The molecule has 2 aromatic rings. The number of anilines is 2. The molecule has 0 saturated heterocycles. The standard InChI is InChI=1S/C20H24N2O4S/c1-5-16-8-6-7-14(2)20(16)22(27(4,25)26)13-19(24)21-18-11-9-17(10-12-18)15(3)23/h6-12H,5,13H2,1-4H3,(H,21,24). The van der Waals surface area contributed by atoms with Crippen molar-refractivity contribution >= 4 is 33.1 Å². The molecular weight excluding hydrogens is 364 g/mol. The van der Waals surface area contributed by atoms with Crippen LogP contribution in [-0.4, -0.2) is 32.9 Å². The second-order valence-electron chi connectivity index (χ2n) is 6.39. The van der Waals surface area contributed by atoms with Crippen LogP contribution in [0.25, 0.3) is 0 Å². The number of aryl methyl sites for hydroxylation is 2. The van der Waals surface area contributed by atoms with Crippen LogP contribution in [0.3, 0.4) is 0 Å². The Kier molecular flexibility index (Phi) is 6.38. The van der Waals surface area contributed by atoms with E-state index in [9.17, 15) is 18.0 Å². The van der Waals surface area contributed by atoms with Crippen molar-refractivity contribution in [1.29, 1.82) is 0 Å². The number of para-hydroxylation sites is 1. The van der Waals surface area contributed by atoms with E-state index in [0.29, 0.717) is 23.4 Å². The molecule has 7 heteroatoms. The summed E-state index contributed by atoms with van der Waals surface area (Å²) in [6, 6.07) is 12.0. The van der Waals surface area contributed by atoms with Crippen LogP contribution >= 0.6 is 0 Å². The van der Waals surface area contributed by atoms with Crippen LogP contribution in [0, 0.1) is 6.92 Å². The zero-order chi connectivity index (χ0) is 20.2. The number of carbonyl (C=O) groups excluding carboxylic acids is 2. The van der Waals surface area contributed by atoms with E-state index in [2.05, 4.69) is 5.32 Å². The van der Waals surface area contributed by atoms with Gasteiger partial charge in [0.15, 0.2) is 5.78 Å². The average molecular weight is 388 g/mol. The van der Waals surface area contributed by atoms with Crippen molar-refractivity contribution in [2.24, 2.45) is 0 Å². The summed E-state index contributed by atoms with van der Waals surface area (Å²) in [5.41, 5.74) is 3.24. The van der Waals surface area contributed by atoms with Crippen molar-refractivity contribution in [2.75, 3.05) is 22.4 Å². The lowest BCUT2D eigenvalue weighted by Gasteiger charge is -2.26. The Morgan fingerprint density at radius 1 is 1.07 bits per heavy atom. The highest BCUT2D eigenvalue weighted by Gasteiger charge is 2.24. The SMILES string of the molecule is CCc1cccc(C)c1N(CC(=O)Nc1ccc(C(C)=O)cc1)S(C)(=O)=O. The van der Waals surface area contributed by atoms with Gasteiger partial charge in [0.05, 0.1) is 11.9 Å². The Morgan fingerprint density at radius 2 is 1.70 bits per heavy atom. The van der Waals surface area contributed by atoms with E-state index in [1.807, 2.05) is 32.0 Å². The topological polar surface area (TPSA) is 83.6 Å². The molecule has 0 aliphatic carbocycles. The van der Waals surface area contributed by atoms with Gasteiger partial charge in [0.2, 0.25) is 15.9 Å². The molecule has 0 atom stereocenters. The average Bonchev–Trinajstić information content (AvgIpc) is 2.59. The molecule has 0 saturated carbocycles. The van der Waals surface area contributed by atoms with Crippen molar-refractivity contribution < 1.29 is 18.0 Å². The van der Waals surface area contributed by atoms with Crippen LogP contribution in [-0.2, 0) is 21.2 Å². The molecule has 0 aliphatic heterocycles. The number of Topliss-reactive ketones (excluding diaryl/α,β-unsaturated/α-hetero) is 1. The van der Waals surface area contributed by atoms with Gasteiger partial charge in [0.1, 0.15) is 6.54 Å². The molecule has 144 valence electrons. The van der Waals surface area contributed by atoms with Gasteiger partial charge in [-0.05, 0) is 55.7 Å². The van der Waals surface area contributed by atoms with Crippen molar-refractivity contribution in [2.45, 2.75) is 27.2 Å². The largest absolute Gasteiger partial charge is 0.325 e. The minimum absolute atomic E-state index is 0.0669. The molecule has 2 rings (SSSR count). The summed E-state index contributed by atoms with van der Waals surface area (Å²) in [4.78, 5) is 23.8. The number of nitrogens with one attached hydrogen (secondary N) is 1. The molecule has 0 heterocycles. The van der Waals surface area contributed by atoms with E-state index in [1.54, 1.807) is 24.3 Å². The summed E-state index contributed by atoms with van der Waals surface area (Å²) in [5.74, 6) is -0.524. The number of ketones is 1. The maximum Gasteiger partial charge on any atom is 0.245 e. The number of amides is 1. The molecule has 0 radical (unpaired) electrons. The number of hydrogen-bond donors (Lipinski definition) is 1. The second-order valence-corrected chi connectivity index (χ2v) is 8.29. The zero-order valence-electron chi connectivity index (χ0n) is 15.9. The molecule has 0 fully saturated rings. The molecule has 27 heavy (non-hydrogen) atoms. The van der Waals surface area contributed by atoms with Crippen LogP contribution in [0.5, 0.6) is 0 Å². The first kappa shape index (κ1) is 20.6. The van der Waals surface area contributed by atoms with E-state index in [-0.39, 0.29) is 12.3 Å². The van der Waals surface area contributed by atoms with Crippen LogP contribution in [0.1, 0.15) is 35.3 Å². The Labute approximate surface area is 160 Å². The molecule has 2 aromatic carbocycles. The predicted molar refractivity (Wildman–Crippen MR) is 108 cm³/mol. The van der Waals surface area contributed by atoms with Gasteiger partial charge in [-0.25, -0.2) is 8.42 Å². The third-order valence-corrected chi connectivity index (χ3v) is 5.33. The minimum atomic E-state index is -3.65. The zero-order valence-corrected chi connectivity index (χ0v) is 16.8. The van der Waals surface area contributed by atoms with Crippen molar-refractivity contribution in [1.82, 2.24) is 0 Å². The molecule has 0 aliphatic rings. The van der Waals surface area contributed by atoms with Gasteiger partial charge >= 0.3 is 0 Å². The van der Waals surface area contributed by atoms with E-state index in [0.717, 1.165) is 21.7 Å². The van der Waals surface area contributed by atoms with E-state index >= 15 is 0 Å². The number of sulfonamides is 1. The lowest BCUT2D eigenvalue weighted by molar-refractivity contribution is -0.114. The Morgan fingerprint density at radius 3 is 2.22 bits per heavy atom. The summed E-state index contributed by atoms with van der Waals surface area (Å²) in [7, 11) is -3.65. The molecule has 1 amide bonds. The molecule has 6 nitrogen and oxygen atoms in total.